The quantitative estimate of drug-likeness (QED) is 0.266. The van der Waals surface area contributed by atoms with Crippen LogP contribution in [0.5, 0.6) is 0 Å². The molecule has 4 heteroatoms. The van der Waals surface area contributed by atoms with Gasteiger partial charge in [0.25, 0.3) is 0 Å². The molecule has 26 heavy (non-hydrogen) atoms. The van der Waals surface area contributed by atoms with Crippen LogP contribution in [0.2, 0.25) is 20.4 Å². The van der Waals surface area contributed by atoms with Gasteiger partial charge in [-0.2, -0.15) is 0 Å². The van der Waals surface area contributed by atoms with Gasteiger partial charge in [-0.25, -0.2) is 0 Å². The fourth-order valence-corrected chi connectivity index (χ4v) is 47.4. The molecule has 2 atom stereocenters. The Bertz CT molecular complexity index is 628. The molecule has 0 saturated carbocycles. The third-order valence-corrected chi connectivity index (χ3v) is 80.2. The van der Waals surface area contributed by atoms with Crippen LogP contribution < -0.4 is 0 Å². The minimum absolute atomic E-state index is 0.318. The first-order valence-corrected chi connectivity index (χ1v) is 32.4. The maximum atomic E-state index is 7.81. The third kappa shape index (κ3) is 4.29. The Hall–Kier alpha value is 0.627. The predicted molar refractivity (Wildman–Crippen MR) is 121 cm³/mol. The molecule has 0 aromatic heterocycles. The zero-order valence-electron chi connectivity index (χ0n) is 17.9. The number of rotatable bonds is 7. The van der Waals surface area contributed by atoms with Crippen molar-refractivity contribution in [2.75, 3.05) is 0 Å². The fraction of sp³-hybridized carbons (Fsp3) is 0.636. The summed E-state index contributed by atoms with van der Waals surface area (Å²) in [6.45, 7) is 18.5. The standard InChI is InChI=1S/2C10H15.C2H7Si.2ClH.Hf/c2*1-8(2)6-10-5-4-9(3)7-10;1-3-2;;;/h2*4-5,7-8H,6H2,1-3H3;3H,1-2H3;2*1H;/q;;;;;+2/p-2. The van der Waals surface area contributed by atoms with E-state index in [2.05, 4.69) is 78.9 Å². The SMILES string of the molecule is CC1=CC(CC(C)C)=C[CH]1[Hf]([Cl])([Cl])([CH]1C=C(CC(C)C)C=C1C)[SiH](C)C. The van der Waals surface area contributed by atoms with Crippen molar-refractivity contribution in [2.45, 2.75) is 74.8 Å². The van der Waals surface area contributed by atoms with E-state index in [0.717, 1.165) is 12.8 Å². The van der Waals surface area contributed by atoms with Gasteiger partial charge in [-0.15, -0.1) is 0 Å². The number of hydrogen-bond acceptors (Lipinski definition) is 0. The van der Waals surface area contributed by atoms with Crippen molar-refractivity contribution in [1.82, 2.24) is 0 Å². The molecular weight excluding hydrogens is 542 g/mol. The summed E-state index contributed by atoms with van der Waals surface area (Å²) in [4.78, 5) is 0. The van der Waals surface area contributed by atoms with Crippen LogP contribution in [-0.2, 0) is 15.3 Å². The Morgan fingerprint density at radius 3 is 1.46 bits per heavy atom. The van der Waals surface area contributed by atoms with Crippen molar-refractivity contribution in [3.05, 3.63) is 46.6 Å². The van der Waals surface area contributed by atoms with Crippen LogP contribution >= 0.6 is 17.2 Å². The number of halogens is 2. The van der Waals surface area contributed by atoms with E-state index in [1.165, 1.54) is 22.3 Å². The third-order valence-electron chi connectivity index (χ3n) is 6.15. The van der Waals surface area contributed by atoms with E-state index >= 15 is 0 Å². The van der Waals surface area contributed by atoms with Crippen LogP contribution in [0.3, 0.4) is 0 Å². The summed E-state index contributed by atoms with van der Waals surface area (Å²) < 4.78 is 0.637. The Labute approximate surface area is 170 Å². The van der Waals surface area contributed by atoms with Crippen molar-refractivity contribution >= 4 is 23.1 Å². The fourth-order valence-electron chi connectivity index (χ4n) is 4.85. The van der Waals surface area contributed by atoms with Crippen molar-refractivity contribution in [1.29, 1.82) is 0 Å². The van der Waals surface area contributed by atoms with Gasteiger partial charge >= 0.3 is 172 Å². The second-order valence-electron chi connectivity index (χ2n) is 9.79. The van der Waals surface area contributed by atoms with Crippen LogP contribution in [0, 0.1) is 11.8 Å². The van der Waals surface area contributed by atoms with Gasteiger partial charge in [-0.05, 0) is 0 Å². The van der Waals surface area contributed by atoms with Gasteiger partial charge in [-0.3, -0.25) is 0 Å². The van der Waals surface area contributed by atoms with Crippen LogP contribution in [0.4, 0.5) is 0 Å². The monoisotopic (exact) mass is 579 g/mol. The van der Waals surface area contributed by atoms with Crippen LogP contribution in [-0.4, -0.2) is 5.98 Å². The molecule has 0 aliphatic heterocycles. The topological polar surface area (TPSA) is 0 Å². The molecule has 0 N–H and O–H groups in total. The molecule has 0 aromatic rings. The van der Waals surface area contributed by atoms with Gasteiger partial charge in [0.1, 0.15) is 0 Å². The second kappa shape index (κ2) is 8.17. The molecule has 2 aliphatic rings. The van der Waals surface area contributed by atoms with E-state index in [-0.39, 0.29) is 0 Å². The van der Waals surface area contributed by atoms with Gasteiger partial charge in [0.05, 0.1) is 0 Å². The summed E-state index contributed by atoms with van der Waals surface area (Å²) in [7, 11) is 15.6. The van der Waals surface area contributed by atoms with Gasteiger partial charge in [-0.1, -0.05) is 0 Å². The van der Waals surface area contributed by atoms with Gasteiger partial charge < -0.3 is 0 Å². The van der Waals surface area contributed by atoms with Gasteiger partial charge in [0, 0.05) is 0 Å². The number of hydrogen-bond donors (Lipinski definition) is 0. The molecule has 0 nitrogen and oxygen atoms in total. The molecule has 0 saturated heterocycles. The van der Waals surface area contributed by atoms with Crippen LogP contribution in [0.1, 0.15) is 54.4 Å². The Morgan fingerprint density at radius 1 is 0.846 bits per heavy atom. The Balaban J connectivity index is 2.50. The van der Waals surface area contributed by atoms with Crippen LogP contribution in [0.25, 0.3) is 0 Å². The summed E-state index contributed by atoms with van der Waals surface area (Å²) in [5.41, 5.74) is 5.74. The van der Waals surface area contributed by atoms with Crippen molar-refractivity contribution < 1.29 is 15.3 Å². The molecule has 147 valence electrons. The molecule has 2 rings (SSSR count). The van der Waals surface area contributed by atoms with E-state index in [9.17, 15) is 0 Å². The molecule has 2 aliphatic carbocycles. The maximum absolute atomic E-state index is 7.81. The average molecular weight is 579 g/mol. The summed E-state index contributed by atoms with van der Waals surface area (Å²) >= 11 is -4.23. The normalized spacial score (nSPS) is 25.3. The molecule has 0 fully saturated rings. The van der Waals surface area contributed by atoms with E-state index in [1.807, 2.05) is 0 Å². The zero-order valence-corrected chi connectivity index (χ0v) is 24.1. The molecule has 0 heterocycles. The summed E-state index contributed by atoms with van der Waals surface area (Å²) in [5.74, 6) is 0.0852. The molecule has 0 spiro atoms. The van der Waals surface area contributed by atoms with Crippen molar-refractivity contribution in [2.24, 2.45) is 11.8 Å². The zero-order chi connectivity index (χ0) is 19.9. The van der Waals surface area contributed by atoms with Crippen LogP contribution in [0.15, 0.2) is 46.6 Å². The minimum atomic E-state index is -4.23. The first kappa shape index (κ1) is 22.9. The van der Waals surface area contributed by atoms with E-state index in [1.54, 1.807) is 0 Å². The van der Waals surface area contributed by atoms with Gasteiger partial charge in [0.15, 0.2) is 0 Å². The molecule has 0 radical (unpaired) electrons. The van der Waals surface area contributed by atoms with Gasteiger partial charge in [0.2, 0.25) is 0 Å². The molecule has 0 bridgehead atoms. The average Bonchev–Trinajstić information content (AvgIpc) is 3.01. The summed E-state index contributed by atoms with van der Waals surface area (Å²) in [6, 6.07) is 0. The first-order valence-electron chi connectivity index (χ1n) is 10.2. The predicted octanol–water partition coefficient (Wildman–Crippen LogP) is 8.41. The van der Waals surface area contributed by atoms with E-state index in [0.29, 0.717) is 19.2 Å². The molecule has 0 aromatic carbocycles. The first-order chi connectivity index (χ1) is 11.9. The number of allylic oxidation sites excluding steroid dienone is 8. The summed E-state index contributed by atoms with van der Waals surface area (Å²) in [5, 5.41) is 0. The van der Waals surface area contributed by atoms with Crippen molar-refractivity contribution in [3.8, 4) is 0 Å². The van der Waals surface area contributed by atoms with E-state index < -0.39 is 21.3 Å². The molecule has 2 unspecified atom stereocenters. The Kier molecular flexibility index (Phi) is 7.20. The van der Waals surface area contributed by atoms with Crippen molar-refractivity contribution in [3.63, 3.8) is 0 Å². The van der Waals surface area contributed by atoms with E-state index in [4.69, 9.17) is 17.2 Å². The molecular formula is C22H37Cl2HfSi. The Morgan fingerprint density at radius 2 is 1.19 bits per heavy atom. The molecule has 0 amide bonds. The summed E-state index contributed by atoms with van der Waals surface area (Å²) in [6.07, 6.45) is 12.0. The second-order valence-corrected chi connectivity index (χ2v) is 69.4.